The van der Waals surface area contributed by atoms with Crippen molar-refractivity contribution in [2.75, 3.05) is 11.9 Å². The predicted octanol–water partition coefficient (Wildman–Crippen LogP) is 2.46. The van der Waals surface area contributed by atoms with Crippen molar-refractivity contribution < 1.29 is 4.79 Å². The van der Waals surface area contributed by atoms with E-state index in [0.717, 1.165) is 22.8 Å². The molecule has 1 aliphatic heterocycles. The summed E-state index contributed by atoms with van der Waals surface area (Å²) in [7, 11) is 1.98. The highest BCUT2D eigenvalue weighted by molar-refractivity contribution is 6.04. The largest absolute Gasteiger partial charge is 0.329 e. The van der Waals surface area contributed by atoms with E-state index in [0.29, 0.717) is 12.8 Å². The molecule has 0 fully saturated rings. The van der Waals surface area contributed by atoms with Gasteiger partial charge < -0.3 is 4.90 Å². The number of pyridine rings is 1. The fourth-order valence-electron chi connectivity index (χ4n) is 2.24. The van der Waals surface area contributed by atoms with Crippen molar-refractivity contribution in [3.8, 4) is 0 Å². The average molecular weight is 280 g/mol. The Morgan fingerprint density at radius 1 is 1.10 bits per heavy atom. The first-order valence-corrected chi connectivity index (χ1v) is 6.84. The van der Waals surface area contributed by atoms with Crippen LogP contribution in [0, 0.1) is 0 Å². The second-order valence-electron chi connectivity index (χ2n) is 4.89. The first-order chi connectivity index (χ1) is 10.2. The number of hydrogen-bond donors (Lipinski definition) is 1. The molecule has 0 bridgehead atoms. The van der Waals surface area contributed by atoms with Crippen LogP contribution in [0.2, 0.25) is 0 Å². The number of hydrogen-bond acceptors (Lipinski definition) is 4. The lowest BCUT2D eigenvalue weighted by molar-refractivity contribution is -0.121. The van der Waals surface area contributed by atoms with Gasteiger partial charge in [0.1, 0.15) is 5.82 Å². The Morgan fingerprint density at radius 3 is 2.52 bits per heavy atom. The molecule has 0 atom stereocenters. The number of nitrogens with one attached hydrogen (secondary N) is 1. The molecule has 2 heterocycles. The van der Waals surface area contributed by atoms with Gasteiger partial charge in [0.2, 0.25) is 5.91 Å². The number of aromatic nitrogens is 1. The van der Waals surface area contributed by atoms with Crippen LogP contribution in [0.15, 0.2) is 53.8 Å². The van der Waals surface area contributed by atoms with Crippen molar-refractivity contribution >= 4 is 23.1 Å². The van der Waals surface area contributed by atoms with Crippen LogP contribution >= 0.6 is 0 Å². The van der Waals surface area contributed by atoms with E-state index in [-0.39, 0.29) is 5.91 Å². The minimum atomic E-state index is -0.0229. The summed E-state index contributed by atoms with van der Waals surface area (Å²) in [5.41, 5.74) is 5.53. The normalized spacial score (nSPS) is 14.3. The lowest BCUT2D eigenvalue weighted by atomic mass is 10.0. The molecular formula is C16H16N4O. The molecule has 0 saturated heterocycles. The van der Waals surface area contributed by atoms with Crippen LogP contribution in [-0.2, 0) is 4.79 Å². The summed E-state index contributed by atoms with van der Waals surface area (Å²) in [4.78, 5) is 17.5. The zero-order chi connectivity index (χ0) is 14.7. The number of amides is 1. The van der Waals surface area contributed by atoms with Crippen molar-refractivity contribution in [2.24, 2.45) is 5.10 Å². The fourth-order valence-corrected chi connectivity index (χ4v) is 2.24. The summed E-state index contributed by atoms with van der Waals surface area (Å²) in [6.07, 6.45) is 2.95. The van der Waals surface area contributed by atoms with Crippen LogP contribution in [0.25, 0.3) is 0 Å². The van der Waals surface area contributed by atoms with Crippen molar-refractivity contribution in [1.82, 2.24) is 10.4 Å². The molecule has 0 radical (unpaired) electrons. The maximum Gasteiger partial charge on any atom is 0.240 e. The van der Waals surface area contributed by atoms with Gasteiger partial charge in [-0.15, -0.1) is 0 Å². The Balaban J connectivity index is 1.80. The van der Waals surface area contributed by atoms with E-state index in [1.54, 1.807) is 6.20 Å². The lowest BCUT2D eigenvalue weighted by Gasteiger charge is -2.19. The third kappa shape index (κ3) is 2.91. The zero-order valence-corrected chi connectivity index (χ0v) is 11.8. The molecule has 106 valence electrons. The van der Waals surface area contributed by atoms with Gasteiger partial charge in [-0.05, 0) is 29.8 Å². The zero-order valence-electron chi connectivity index (χ0n) is 11.8. The molecule has 0 aliphatic carbocycles. The quantitative estimate of drug-likeness (QED) is 0.939. The summed E-state index contributed by atoms with van der Waals surface area (Å²) in [5.74, 6) is 0.873. The highest BCUT2D eigenvalue weighted by atomic mass is 16.2. The Bertz CT molecular complexity index is 664. The number of hydrazone groups is 1. The number of carbonyl (C=O) groups is 1. The molecule has 0 spiro atoms. The molecule has 2 aromatic rings. The number of benzene rings is 1. The van der Waals surface area contributed by atoms with Gasteiger partial charge in [0.25, 0.3) is 0 Å². The molecule has 1 amide bonds. The molecule has 0 unspecified atom stereocenters. The van der Waals surface area contributed by atoms with Gasteiger partial charge in [0.15, 0.2) is 0 Å². The Labute approximate surface area is 123 Å². The van der Waals surface area contributed by atoms with Gasteiger partial charge >= 0.3 is 0 Å². The molecule has 1 aromatic heterocycles. The van der Waals surface area contributed by atoms with Gasteiger partial charge in [-0.25, -0.2) is 10.4 Å². The summed E-state index contributed by atoms with van der Waals surface area (Å²) in [5, 5.41) is 4.10. The van der Waals surface area contributed by atoms with Crippen LogP contribution in [0.1, 0.15) is 18.4 Å². The van der Waals surface area contributed by atoms with E-state index < -0.39 is 0 Å². The van der Waals surface area contributed by atoms with Crippen LogP contribution in [0.5, 0.6) is 0 Å². The number of nitrogens with zero attached hydrogens (tertiary/aromatic N) is 3. The topological polar surface area (TPSA) is 57.6 Å². The Kier molecular flexibility index (Phi) is 3.64. The van der Waals surface area contributed by atoms with E-state index in [9.17, 15) is 4.79 Å². The maximum atomic E-state index is 11.1. The molecule has 1 aromatic carbocycles. The minimum Gasteiger partial charge on any atom is -0.329 e. The van der Waals surface area contributed by atoms with E-state index in [1.165, 1.54) is 0 Å². The molecule has 21 heavy (non-hydrogen) atoms. The second-order valence-corrected chi connectivity index (χ2v) is 4.89. The third-order valence-corrected chi connectivity index (χ3v) is 3.49. The molecular weight excluding hydrogens is 264 g/mol. The van der Waals surface area contributed by atoms with Gasteiger partial charge in [0, 0.05) is 31.8 Å². The molecule has 1 aliphatic rings. The van der Waals surface area contributed by atoms with Crippen molar-refractivity contribution in [3.63, 3.8) is 0 Å². The van der Waals surface area contributed by atoms with Crippen molar-refractivity contribution in [1.29, 1.82) is 0 Å². The van der Waals surface area contributed by atoms with Gasteiger partial charge in [-0.2, -0.15) is 5.10 Å². The van der Waals surface area contributed by atoms with Crippen LogP contribution in [-0.4, -0.2) is 23.7 Å². The van der Waals surface area contributed by atoms with Crippen LogP contribution in [0.4, 0.5) is 11.5 Å². The molecule has 5 nitrogen and oxygen atoms in total. The number of carbonyl (C=O) groups excluding carboxylic acids is 1. The van der Waals surface area contributed by atoms with Gasteiger partial charge in [-0.3, -0.25) is 4.79 Å². The minimum absolute atomic E-state index is 0.0229. The van der Waals surface area contributed by atoms with Crippen LogP contribution < -0.4 is 10.3 Å². The molecule has 5 heteroatoms. The SMILES string of the molecule is CN(c1ccc(C2=NNC(=O)CC2)cc1)c1ccccn1. The monoisotopic (exact) mass is 280 g/mol. The summed E-state index contributed by atoms with van der Waals surface area (Å²) >= 11 is 0. The number of anilines is 2. The average Bonchev–Trinajstić information content (AvgIpc) is 2.56. The lowest BCUT2D eigenvalue weighted by Crippen LogP contribution is -2.25. The smallest absolute Gasteiger partial charge is 0.240 e. The Morgan fingerprint density at radius 2 is 1.90 bits per heavy atom. The van der Waals surface area contributed by atoms with E-state index in [4.69, 9.17) is 0 Å². The van der Waals surface area contributed by atoms with Crippen molar-refractivity contribution in [2.45, 2.75) is 12.8 Å². The summed E-state index contributed by atoms with van der Waals surface area (Å²) < 4.78 is 0. The van der Waals surface area contributed by atoms with E-state index in [1.807, 2.05) is 54.4 Å². The molecule has 1 N–H and O–H groups in total. The van der Waals surface area contributed by atoms with E-state index >= 15 is 0 Å². The second kappa shape index (κ2) is 5.75. The van der Waals surface area contributed by atoms with Crippen molar-refractivity contribution in [3.05, 3.63) is 54.2 Å². The maximum absolute atomic E-state index is 11.1. The van der Waals surface area contributed by atoms with E-state index in [2.05, 4.69) is 15.5 Å². The standard InChI is InChI=1S/C16H16N4O/c1-20(15-4-2-3-11-17-15)13-7-5-12(6-8-13)14-9-10-16(21)19-18-14/h2-8,11H,9-10H2,1H3,(H,19,21). The van der Waals surface area contributed by atoms with Gasteiger partial charge in [-0.1, -0.05) is 18.2 Å². The molecule has 3 rings (SSSR count). The fraction of sp³-hybridized carbons (Fsp3) is 0.188. The first-order valence-electron chi connectivity index (χ1n) is 6.84. The first kappa shape index (κ1) is 13.3. The number of rotatable bonds is 3. The molecule has 0 saturated carbocycles. The summed E-state index contributed by atoms with van der Waals surface area (Å²) in [6.45, 7) is 0. The summed E-state index contributed by atoms with van der Waals surface area (Å²) in [6, 6.07) is 13.9. The Hall–Kier alpha value is -2.69. The van der Waals surface area contributed by atoms with Crippen LogP contribution in [0.3, 0.4) is 0 Å². The highest BCUT2D eigenvalue weighted by Crippen LogP contribution is 2.22. The van der Waals surface area contributed by atoms with Gasteiger partial charge in [0.05, 0.1) is 5.71 Å². The highest BCUT2D eigenvalue weighted by Gasteiger charge is 2.13. The third-order valence-electron chi connectivity index (χ3n) is 3.49. The predicted molar refractivity (Wildman–Crippen MR) is 82.7 cm³/mol.